The normalized spacial score (nSPS) is 20.2. The van der Waals surface area contributed by atoms with E-state index in [-0.39, 0.29) is 6.03 Å². The van der Waals surface area contributed by atoms with Crippen LogP contribution < -0.4 is 10.6 Å². The first-order valence-electron chi connectivity index (χ1n) is 8.85. The maximum atomic E-state index is 12.1. The third-order valence-electron chi connectivity index (χ3n) is 4.51. The summed E-state index contributed by atoms with van der Waals surface area (Å²) in [5.41, 5.74) is 0.602. The summed E-state index contributed by atoms with van der Waals surface area (Å²) in [6.07, 6.45) is 10.3. The Balaban J connectivity index is 1.45. The number of nitrogens with one attached hydrogen (secondary N) is 2. The Morgan fingerprint density at radius 3 is 3.00 bits per heavy atom. The lowest BCUT2D eigenvalue weighted by atomic mass is 9.88. The van der Waals surface area contributed by atoms with Gasteiger partial charge in [-0.2, -0.15) is 5.10 Å². The van der Waals surface area contributed by atoms with Crippen LogP contribution in [0.2, 0.25) is 0 Å². The van der Waals surface area contributed by atoms with Gasteiger partial charge in [-0.1, -0.05) is 19.8 Å². The summed E-state index contributed by atoms with van der Waals surface area (Å²) in [5, 5.41) is 9.79. The van der Waals surface area contributed by atoms with E-state index in [9.17, 15) is 4.79 Å². The number of aromatic nitrogens is 3. The molecule has 0 radical (unpaired) electrons. The van der Waals surface area contributed by atoms with Gasteiger partial charge in [0.15, 0.2) is 5.82 Å². The summed E-state index contributed by atoms with van der Waals surface area (Å²) in [7, 11) is 0. The highest BCUT2D eigenvalue weighted by molar-refractivity contribution is 5.90. The fraction of sp³-hybridized carbons (Fsp3) is 0.500. The molecule has 2 atom stereocenters. The van der Waals surface area contributed by atoms with Crippen molar-refractivity contribution in [2.24, 2.45) is 5.92 Å². The van der Waals surface area contributed by atoms with Gasteiger partial charge in [0.25, 0.3) is 0 Å². The number of carbonyl (C=O) groups is 1. The van der Waals surface area contributed by atoms with Crippen LogP contribution in [0.25, 0.3) is 5.82 Å². The Morgan fingerprint density at radius 2 is 2.20 bits per heavy atom. The van der Waals surface area contributed by atoms with Crippen LogP contribution in [0.15, 0.2) is 36.8 Å². The van der Waals surface area contributed by atoms with E-state index in [1.165, 1.54) is 19.3 Å². The number of carbonyl (C=O) groups excluding carboxylic acids is 1. The lowest BCUT2D eigenvalue weighted by Crippen LogP contribution is -2.34. The Kier molecular flexibility index (Phi) is 6.00. The molecule has 2 N–H and O–H groups in total. The van der Waals surface area contributed by atoms with Crippen LogP contribution >= 0.6 is 0 Å². The summed E-state index contributed by atoms with van der Waals surface area (Å²) in [6, 6.07) is 5.10. The van der Waals surface area contributed by atoms with Gasteiger partial charge in [0, 0.05) is 25.1 Å². The van der Waals surface area contributed by atoms with E-state index in [1.54, 1.807) is 35.4 Å². The van der Waals surface area contributed by atoms with E-state index in [1.807, 2.05) is 6.07 Å². The highest BCUT2D eigenvalue weighted by Crippen LogP contribution is 2.26. The summed E-state index contributed by atoms with van der Waals surface area (Å²) in [5.74, 6) is 1.18. The van der Waals surface area contributed by atoms with Crippen molar-refractivity contribution in [1.82, 2.24) is 20.1 Å². The fourth-order valence-electron chi connectivity index (χ4n) is 3.14. The molecule has 0 aromatic carbocycles. The van der Waals surface area contributed by atoms with Crippen molar-refractivity contribution in [2.75, 3.05) is 18.5 Å². The number of hydrogen-bond donors (Lipinski definition) is 2. The standard InChI is InChI=1S/C18H25N5O2/c1-14-6-2-3-8-16(14)25-13-11-20-18(24)22-15-7-4-9-19-17(15)23-12-5-10-21-23/h4-5,7,9-10,12,14,16H,2-3,6,8,11,13H2,1H3,(H2,20,22,24). The number of amides is 2. The average molecular weight is 343 g/mol. The second-order valence-corrected chi connectivity index (χ2v) is 6.38. The topological polar surface area (TPSA) is 81.1 Å². The van der Waals surface area contributed by atoms with Gasteiger partial charge in [0.2, 0.25) is 0 Å². The molecular formula is C18H25N5O2. The first-order chi connectivity index (χ1) is 12.2. The number of pyridine rings is 1. The minimum atomic E-state index is -0.276. The predicted octanol–water partition coefficient (Wildman–Crippen LogP) is 2.98. The number of ether oxygens (including phenoxy) is 1. The van der Waals surface area contributed by atoms with Crippen molar-refractivity contribution >= 4 is 11.7 Å². The quantitative estimate of drug-likeness (QED) is 0.790. The van der Waals surface area contributed by atoms with E-state index in [0.717, 1.165) is 6.42 Å². The van der Waals surface area contributed by atoms with Gasteiger partial charge in [-0.3, -0.25) is 0 Å². The Morgan fingerprint density at radius 1 is 1.32 bits per heavy atom. The van der Waals surface area contributed by atoms with E-state index < -0.39 is 0 Å². The molecule has 0 bridgehead atoms. The Bertz CT molecular complexity index is 674. The van der Waals surface area contributed by atoms with Crippen LogP contribution in [-0.2, 0) is 4.74 Å². The molecule has 134 valence electrons. The molecular weight excluding hydrogens is 318 g/mol. The monoisotopic (exact) mass is 343 g/mol. The zero-order valence-corrected chi connectivity index (χ0v) is 14.5. The first-order valence-corrected chi connectivity index (χ1v) is 8.85. The van der Waals surface area contributed by atoms with Crippen LogP contribution in [0, 0.1) is 5.92 Å². The van der Waals surface area contributed by atoms with Gasteiger partial charge >= 0.3 is 6.03 Å². The first kappa shape index (κ1) is 17.4. The molecule has 0 spiro atoms. The molecule has 2 aromatic heterocycles. The van der Waals surface area contributed by atoms with Crippen molar-refractivity contribution in [3.63, 3.8) is 0 Å². The Hall–Kier alpha value is -2.41. The number of hydrogen-bond acceptors (Lipinski definition) is 4. The molecule has 2 aromatic rings. The number of rotatable bonds is 6. The molecule has 1 aliphatic carbocycles. The van der Waals surface area contributed by atoms with Crippen molar-refractivity contribution in [3.8, 4) is 5.82 Å². The van der Waals surface area contributed by atoms with Crippen LogP contribution in [-0.4, -0.2) is 40.1 Å². The largest absolute Gasteiger partial charge is 0.376 e. The molecule has 3 rings (SSSR count). The summed E-state index contributed by atoms with van der Waals surface area (Å²) >= 11 is 0. The number of anilines is 1. The lowest BCUT2D eigenvalue weighted by molar-refractivity contribution is -0.00232. The summed E-state index contributed by atoms with van der Waals surface area (Å²) in [6.45, 7) is 3.25. The van der Waals surface area contributed by atoms with Gasteiger partial charge in [-0.05, 0) is 37.0 Å². The fourth-order valence-corrected chi connectivity index (χ4v) is 3.14. The average Bonchev–Trinajstić information content (AvgIpc) is 3.15. The molecule has 2 heterocycles. The van der Waals surface area contributed by atoms with Crippen LogP contribution in [0.5, 0.6) is 0 Å². The maximum Gasteiger partial charge on any atom is 0.319 e. The predicted molar refractivity (Wildman–Crippen MR) is 95.8 cm³/mol. The third-order valence-corrected chi connectivity index (χ3v) is 4.51. The summed E-state index contributed by atoms with van der Waals surface area (Å²) < 4.78 is 7.52. The molecule has 0 aliphatic heterocycles. The summed E-state index contributed by atoms with van der Waals surface area (Å²) in [4.78, 5) is 16.4. The van der Waals surface area contributed by atoms with E-state index in [0.29, 0.717) is 36.7 Å². The van der Waals surface area contributed by atoms with E-state index >= 15 is 0 Å². The van der Waals surface area contributed by atoms with Gasteiger partial charge in [0.1, 0.15) is 0 Å². The second kappa shape index (κ2) is 8.62. The second-order valence-electron chi connectivity index (χ2n) is 6.38. The molecule has 7 heteroatoms. The third kappa shape index (κ3) is 4.79. The molecule has 2 unspecified atom stereocenters. The molecule has 25 heavy (non-hydrogen) atoms. The molecule has 0 saturated heterocycles. The lowest BCUT2D eigenvalue weighted by Gasteiger charge is -2.28. The van der Waals surface area contributed by atoms with E-state index in [4.69, 9.17) is 4.74 Å². The van der Waals surface area contributed by atoms with Gasteiger partial charge < -0.3 is 15.4 Å². The van der Waals surface area contributed by atoms with Gasteiger partial charge in [0.05, 0.1) is 18.4 Å². The zero-order valence-electron chi connectivity index (χ0n) is 14.5. The van der Waals surface area contributed by atoms with Crippen molar-refractivity contribution in [1.29, 1.82) is 0 Å². The highest BCUT2D eigenvalue weighted by atomic mass is 16.5. The van der Waals surface area contributed by atoms with Crippen LogP contribution in [0.1, 0.15) is 32.6 Å². The molecule has 1 fully saturated rings. The highest BCUT2D eigenvalue weighted by Gasteiger charge is 2.21. The van der Waals surface area contributed by atoms with Crippen LogP contribution in [0.3, 0.4) is 0 Å². The van der Waals surface area contributed by atoms with E-state index in [2.05, 4.69) is 27.6 Å². The molecule has 2 amide bonds. The van der Waals surface area contributed by atoms with Gasteiger partial charge in [-0.25, -0.2) is 14.5 Å². The minimum absolute atomic E-state index is 0.276. The smallest absolute Gasteiger partial charge is 0.319 e. The van der Waals surface area contributed by atoms with Crippen molar-refractivity contribution < 1.29 is 9.53 Å². The van der Waals surface area contributed by atoms with Crippen molar-refractivity contribution in [2.45, 2.75) is 38.7 Å². The van der Waals surface area contributed by atoms with Crippen LogP contribution in [0.4, 0.5) is 10.5 Å². The van der Waals surface area contributed by atoms with Gasteiger partial charge in [-0.15, -0.1) is 0 Å². The minimum Gasteiger partial charge on any atom is -0.376 e. The van der Waals surface area contributed by atoms with Crippen molar-refractivity contribution in [3.05, 3.63) is 36.8 Å². The molecule has 7 nitrogen and oxygen atoms in total. The number of urea groups is 1. The number of nitrogens with zero attached hydrogens (tertiary/aromatic N) is 3. The Labute approximate surface area is 147 Å². The zero-order chi connectivity index (χ0) is 17.5. The maximum absolute atomic E-state index is 12.1. The molecule has 1 aliphatic rings. The molecule has 1 saturated carbocycles. The SMILES string of the molecule is CC1CCCCC1OCCNC(=O)Nc1cccnc1-n1cccn1.